The minimum atomic E-state index is -0.107. The lowest BCUT2D eigenvalue weighted by Gasteiger charge is -2.09. The van der Waals surface area contributed by atoms with Crippen LogP contribution in [0.15, 0.2) is 18.2 Å². The van der Waals surface area contributed by atoms with Crippen molar-refractivity contribution in [3.63, 3.8) is 0 Å². The van der Waals surface area contributed by atoms with Crippen LogP contribution in [0, 0.1) is 6.92 Å². The molecule has 1 aromatic rings. The Labute approximate surface area is 112 Å². The number of carbonyl (C=O) groups is 3. The molecule has 102 valence electrons. The number of benzene rings is 1. The number of carbonyl (C=O) groups excluding carboxylic acids is 3. The lowest BCUT2D eigenvalue weighted by atomic mass is 10.0. The molecule has 0 aliphatic heterocycles. The van der Waals surface area contributed by atoms with Gasteiger partial charge in [-0.05, 0) is 19.1 Å². The molecule has 2 amide bonds. The molecule has 0 bridgehead atoms. The molecule has 0 fully saturated rings. The SMILES string of the molecule is CCC(=O)NCCC(=O)c1cc(C)ccc1NC=O. The summed E-state index contributed by atoms with van der Waals surface area (Å²) in [6.07, 6.45) is 1.15. The quantitative estimate of drug-likeness (QED) is 0.579. The van der Waals surface area contributed by atoms with E-state index in [1.807, 2.05) is 13.0 Å². The molecule has 0 spiro atoms. The van der Waals surface area contributed by atoms with Crippen molar-refractivity contribution in [1.29, 1.82) is 0 Å². The first kappa shape index (κ1) is 14.9. The first-order valence-corrected chi connectivity index (χ1v) is 6.19. The minimum absolute atomic E-state index is 0.0803. The molecule has 19 heavy (non-hydrogen) atoms. The summed E-state index contributed by atoms with van der Waals surface area (Å²) in [7, 11) is 0. The molecule has 0 saturated carbocycles. The molecule has 0 unspecified atom stereocenters. The van der Waals surface area contributed by atoms with E-state index in [1.165, 1.54) is 0 Å². The Morgan fingerprint density at radius 2 is 2.05 bits per heavy atom. The van der Waals surface area contributed by atoms with Crippen LogP contribution in [-0.2, 0) is 9.59 Å². The zero-order valence-corrected chi connectivity index (χ0v) is 11.2. The average Bonchev–Trinajstić information content (AvgIpc) is 2.40. The Hall–Kier alpha value is -2.17. The van der Waals surface area contributed by atoms with Crippen LogP contribution in [0.5, 0.6) is 0 Å². The van der Waals surface area contributed by atoms with E-state index in [0.29, 0.717) is 30.6 Å². The van der Waals surface area contributed by atoms with Crippen LogP contribution in [0.3, 0.4) is 0 Å². The molecule has 1 rings (SSSR count). The Balaban J connectivity index is 2.72. The Kier molecular flexibility index (Phi) is 5.73. The molecule has 2 N–H and O–H groups in total. The van der Waals surface area contributed by atoms with Crippen LogP contribution in [-0.4, -0.2) is 24.6 Å². The molecule has 0 saturated heterocycles. The van der Waals surface area contributed by atoms with Gasteiger partial charge in [0.05, 0.1) is 5.69 Å². The summed E-state index contributed by atoms with van der Waals surface area (Å²) in [6, 6.07) is 5.25. The van der Waals surface area contributed by atoms with Gasteiger partial charge in [-0.25, -0.2) is 0 Å². The summed E-state index contributed by atoms with van der Waals surface area (Å²) >= 11 is 0. The monoisotopic (exact) mass is 262 g/mol. The number of amides is 2. The highest BCUT2D eigenvalue weighted by molar-refractivity contribution is 6.03. The van der Waals surface area contributed by atoms with E-state index in [2.05, 4.69) is 10.6 Å². The van der Waals surface area contributed by atoms with E-state index < -0.39 is 0 Å². The van der Waals surface area contributed by atoms with Gasteiger partial charge in [0.15, 0.2) is 5.78 Å². The van der Waals surface area contributed by atoms with E-state index >= 15 is 0 Å². The molecule has 5 nitrogen and oxygen atoms in total. The van der Waals surface area contributed by atoms with Gasteiger partial charge in [0, 0.05) is 24.9 Å². The number of ketones is 1. The summed E-state index contributed by atoms with van der Waals surface area (Å²) < 4.78 is 0. The van der Waals surface area contributed by atoms with Crippen LogP contribution < -0.4 is 10.6 Å². The molecular weight excluding hydrogens is 244 g/mol. The molecule has 0 aromatic heterocycles. The van der Waals surface area contributed by atoms with E-state index in [-0.39, 0.29) is 18.1 Å². The van der Waals surface area contributed by atoms with Gasteiger partial charge in [0.1, 0.15) is 0 Å². The summed E-state index contributed by atoms with van der Waals surface area (Å²) in [5.74, 6) is -0.187. The molecule has 5 heteroatoms. The number of hydrogen-bond donors (Lipinski definition) is 2. The second-order valence-corrected chi connectivity index (χ2v) is 4.19. The standard InChI is InChI=1S/C14H18N2O3/c1-3-14(19)15-7-6-13(18)11-8-10(2)4-5-12(11)16-9-17/h4-5,8-9H,3,6-7H2,1-2H3,(H,15,19)(H,16,17). The van der Waals surface area contributed by atoms with Gasteiger partial charge in [-0.2, -0.15) is 0 Å². The lowest BCUT2D eigenvalue weighted by Crippen LogP contribution is -2.25. The average molecular weight is 262 g/mol. The van der Waals surface area contributed by atoms with Gasteiger partial charge in [-0.15, -0.1) is 0 Å². The number of aryl methyl sites for hydroxylation is 1. The van der Waals surface area contributed by atoms with Crippen molar-refractivity contribution < 1.29 is 14.4 Å². The maximum absolute atomic E-state index is 12.1. The summed E-state index contributed by atoms with van der Waals surface area (Å²) in [6.45, 7) is 3.93. The fraction of sp³-hybridized carbons (Fsp3) is 0.357. The Bertz CT molecular complexity index is 484. The van der Waals surface area contributed by atoms with E-state index in [4.69, 9.17) is 0 Å². The van der Waals surface area contributed by atoms with Gasteiger partial charge in [-0.1, -0.05) is 18.6 Å². The summed E-state index contributed by atoms with van der Waals surface area (Å²) in [4.78, 5) is 33.6. The van der Waals surface area contributed by atoms with Crippen molar-refractivity contribution >= 4 is 23.8 Å². The van der Waals surface area contributed by atoms with Crippen LogP contribution in [0.4, 0.5) is 5.69 Å². The highest BCUT2D eigenvalue weighted by Gasteiger charge is 2.11. The van der Waals surface area contributed by atoms with Crippen LogP contribution >= 0.6 is 0 Å². The molecule has 0 heterocycles. The van der Waals surface area contributed by atoms with Crippen molar-refractivity contribution in [2.45, 2.75) is 26.7 Å². The van der Waals surface area contributed by atoms with Crippen LogP contribution in [0.2, 0.25) is 0 Å². The smallest absolute Gasteiger partial charge is 0.219 e. The Morgan fingerprint density at radius 3 is 2.68 bits per heavy atom. The molecule has 0 radical (unpaired) electrons. The first-order valence-electron chi connectivity index (χ1n) is 6.19. The largest absolute Gasteiger partial charge is 0.356 e. The fourth-order valence-corrected chi connectivity index (χ4v) is 1.65. The van der Waals surface area contributed by atoms with E-state index in [0.717, 1.165) is 5.56 Å². The van der Waals surface area contributed by atoms with E-state index in [1.54, 1.807) is 19.1 Å². The predicted molar refractivity (Wildman–Crippen MR) is 73.1 cm³/mol. The van der Waals surface area contributed by atoms with Gasteiger partial charge in [-0.3, -0.25) is 14.4 Å². The molecule has 0 aliphatic carbocycles. The minimum Gasteiger partial charge on any atom is -0.356 e. The van der Waals surface area contributed by atoms with Crippen molar-refractivity contribution in [3.05, 3.63) is 29.3 Å². The normalized spacial score (nSPS) is 9.79. The second-order valence-electron chi connectivity index (χ2n) is 4.19. The van der Waals surface area contributed by atoms with E-state index in [9.17, 15) is 14.4 Å². The number of Topliss-reactive ketones (excluding diaryl/α,β-unsaturated/α-hetero) is 1. The third-order valence-electron chi connectivity index (χ3n) is 2.69. The number of rotatable bonds is 7. The topological polar surface area (TPSA) is 75.3 Å². The number of nitrogens with one attached hydrogen (secondary N) is 2. The lowest BCUT2D eigenvalue weighted by molar-refractivity contribution is -0.120. The van der Waals surface area contributed by atoms with Crippen LogP contribution in [0.25, 0.3) is 0 Å². The molecular formula is C14H18N2O3. The molecule has 0 aliphatic rings. The van der Waals surface area contributed by atoms with Gasteiger partial charge in [0.25, 0.3) is 0 Å². The predicted octanol–water partition coefficient (Wildman–Crippen LogP) is 1.66. The Morgan fingerprint density at radius 1 is 1.32 bits per heavy atom. The summed E-state index contributed by atoms with van der Waals surface area (Å²) in [5.41, 5.74) is 1.91. The van der Waals surface area contributed by atoms with Gasteiger partial charge >= 0.3 is 0 Å². The highest BCUT2D eigenvalue weighted by Crippen LogP contribution is 2.18. The maximum Gasteiger partial charge on any atom is 0.219 e. The first-order chi connectivity index (χ1) is 9.08. The maximum atomic E-state index is 12.1. The van der Waals surface area contributed by atoms with Gasteiger partial charge < -0.3 is 10.6 Å². The highest BCUT2D eigenvalue weighted by atomic mass is 16.2. The van der Waals surface area contributed by atoms with Crippen molar-refractivity contribution in [2.24, 2.45) is 0 Å². The summed E-state index contributed by atoms with van der Waals surface area (Å²) in [5, 5.41) is 5.16. The van der Waals surface area contributed by atoms with Crippen molar-refractivity contribution in [2.75, 3.05) is 11.9 Å². The van der Waals surface area contributed by atoms with Crippen molar-refractivity contribution in [1.82, 2.24) is 5.32 Å². The second kappa shape index (κ2) is 7.31. The number of hydrogen-bond acceptors (Lipinski definition) is 3. The third-order valence-corrected chi connectivity index (χ3v) is 2.69. The number of anilines is 1. The third kappa shape index (κ3) is 4.54. The van der Waals surface area contributed by atoms with Crippen LogP contribution in [0.1, 0.15) is 35.7 Å². The zero-order chi connectivity index (χ0) is 14.3. The molecule has 0 atom stereocenters. The zero-order valence-electron chi connectivity index (χ0n) is 11.2. The van der Waals surface area contributed by atoms with Crippen molar-refractivity contribution in [3.8, 4) is 0 Å². The van der Waals surface area contributed by atoms with Gasteiger partial charge in [0.2, 0.25) is 12.3 Å². The fourth-order valence-electron chi connectivity index (χ4n) is 1.65. The molecule has 1 aromatic carbocycles.